The molecule has 0 aliphatic carbocycles. The number of carbonyl (C=O) groups is 2. The summed E-state index contributed by atoms with van der Waals surface area (Å²) in [5.41, 5.74) is 0.0752. The lowest BCUT2D eigenvalue weighted by molar-refractivity contribution is -0.168. The van der Waals surface area contributed by atoms with Gasteiger partial charge < -0.3 is 14.5 Å². The number of aromatic nitrogens is 1. The number of amides is 2. The molecule has 0 spiro atoms. The number of nitrogens with one attached hydrogen (secondary N) is 1. The normalized spacial score (nSPS) is 23.9. The van der Waals surface area contributed by atoms with Gasteiger partial charge >= 0.3 is 12.4 Å². The Morgan fingerprint density at radius 3 is 2.56 bits per heavy atom. The van der Waals surface area contributed by atoms with Crippen molar-refractivity contribution in [3.63, 3.8) is 0 Å². The van der Waals surface area contributed by atoms with Crippen LogP contribution in [0.3, 0.4) is 0 Å². The first-order valence-electron chi connectivity index (χ1n) is 12.1. The predicted octanol–water partition coefficient (Wildman–Crippen LogP) is 1.04. The largest absolute Gasteiger partial charge is 0.417 e. The Morgan fingerprint density at radius 1 is 1.20 bits per heavy atom. The highest BCUT2D eigenvalue weighted by Crippen LogP contribution is 2.39. The highest BCUT2D eigenvalue weighted by Gasteiger charge is 2.49. The Bertz CT molecular complexity index is 1370. The zero-order chi connectivity index (χ0) is 30.3. The molecule has 12 nitrogen and oxygen atoms in total. The summed E-state index contributed by atoms with van der Waals surface area (Å²) in [5, 5.41) is 3.34. The van der Waals surface area contributed by atoms with Crippen molar-refractivity contribution >= 4 is 45.3 Å². The number of piperazine rings is 1. The summed E-state index contributed by atoms with van der Waals surface area (Å²) >= 11 is 0. The number of nitrogens with zero attached hydrogens (tertiary/aromatic N) is 6. The maximum absolute atomic E-state index is 13.2. The molecule has 2 amide bonds. The van der Waals surface area contributed by atoms with Gasteiger partial charge in [0, 0.05) is 32.9 Å². The molecular weight excluding hydrogens is 588 g/mol. The molecule has 1 aromatic rings. The third-order valence-electron chi connectivity index (χ3n) is 6.63. The molecule has 3 atom stereocenters. The van der Waals surface area contributed by atoms with Crippen LogP contribution in [0.2, 0.25) is 0 Å². The summed E-state index contributed by atoms with van der Waals surface area (Å²) in [7, 11) is -2.67. The van der Waals surface area contributed by atoms with Crippen LogP contribution in [0.15, 0.2) is 22.4 Å². The number of rotatable bonds is 7. The molecule has 0 aromatic carbocycles. The van der Waals surface area contributed by atoms with E-state index in [0.717, 1.165) is 21.5 Å². The van der Waals surface area contributed by atoms with Crippen molar-refractivity contribution in [2.75, 3.05) is 55.4 Å². The highest BCUT2D eigenvalue weighted by atomic mass is 32.2. The van der Waals surface area contributed by atoms with Crippen LogP contribution in [0.25, 0.3) is 0 Å². The lowest BCUT2D eigenvalue weighted by Gasteiger charge is -2.46. The Balaban J connectivity index is 1.35. The molecular formula is C22H25F6N7O5S. The van der Waals surface area contributed by atoms with Gasteiger partial charge in [-0.2, -0.15) is 35.7 Å². The molecule has 1 N–H and O–H groups in total. The molecule has 226 valence electrons. The van der Waals surface area contributed by atoms with E-state index in [1.54, 1.807) is 5.43 Å². The number of fused-ring (bicyclic) bond motifs is 3. The number of hydrogen-bond acceptors (Lipinski definition) is 9. The van der Waals surface area contributed by atoms with E-state index in [1.165, 1.54) is 18.9 Å². The maximum atomic E-state index is 13.2. The van der Waals surface area contributed by atoms with E-state index in [1.807, 2.05) is 0 Å². The smallest absolute Gasteiger partial charge is 0.378 e. The van der Waals surface area contributed by atoms with Crippen LogP contribution in [0.5, 0.6) is 0 Å². The van der Waals surface area contributed by atoms with E-state index in [4.69, 9.17) is 4.74 Å². The van der Waals surface area contributed by atoms with Crippen LogP contribution in [-0.2, 0) is 30.5 Å². The van der Waals surface area contributed by atoms with Gasteiger partial charge in [0.25, 0.3) is 11.8 Å². The topological polar surface area (TPSA) is 137 Å². The van der Waals surface area contributed by atoms with Crippen LogP contribution >= 0.6 is 0 Å². The maximum Gasteiger partial charge on any atom is 0.417 e. The Morgan fingerprint density at radius 2 is 1.90 bits per heavy atom. The number of sulfonamides is 1. The van der Waals surface area contributed by atoms with Gasteiger partial charge in [-0.05, 0) is 13.0 Å². The third kappa shape index (κ3) is 6.45. The van der Waals surface area contributed by atoms with Gasteiger partial charge in [-0.3, -0.25) is 14.6 Å². The second-order valence-electron chi connectivity index (χ2n) is 9.53. The third-order valence-corrected chi connectivity index (χ3v) is 8.43. The Kier molecular flexibility index (Phi) is 8.34. The van der Waals surface area contributed by atoms with E-state index >= 15 is 0 Å². The number of anilines is 2. The number of hydrazone groups is 1. The SMILES string of the molecule is C[C@@H](COCCS(=O)(=O)N1CCN2c3ncc(C(F)(F)F)cc3N(C)C(=O)[C@H]2C1)N=C1C=NNC(=O)C1C(F)(F)F. The van der Waals surface area contributed by atoms with Crippen molar-refractivity contribution in [2.45, 2.75) is 31.4 Å². The fourth-order valence-electron chi connectivity index (χ4n) is 4.59. The number of pyridine rings is 1. The van der Waals surface area contributed by atoms with E-state index in [2.05, 4.69) is 15.1 Å². The highest BCUT2D eigenvalue weighted by molar-refractivity contribution is 7.89. The predicted molar refractivity (Wildman–Crippen MR) is 133 cm³/mol. The zero-order valence-corrected chi connectivity index (χ0v) is 22.4. The fourth-order valence-corrected chi connectivity index (χ4v) is 5.90. The second-order valence-corrected chi connectivity index (χ2v) is 11.6. The summed E-state index contributed by atoms with van der Waals surface area (Å²) in [4.78, 5) is 34.8. The molecule has 0 saturated carbocycles. The molecule has 19 heteroatoms. The number of carbonyl (C=O) groups excluding carboxylic acids is 2. The summed E-state index contributed by atoms with van der Waals surface area (Å²) < 4.78 is 111. The lowest BCUT2D eigenvalue weighted by atomic mass is 10.0. The minimum Gasteiger partial charge on any atom is -0.378 e. The van der Waals surface area contributed by atoms with Crippen LogP contribution in [0.4, 0.5) is 37.8 Å². The zero-order valence-electron chi connectivity index (χ0n) is 21.6. The van der Waals surface area contributed by atoms with Crippen LogP contribution in [0, 0.1) is 5.92 Å². The standard InChI is InChI=1S/C22H25F6N7O5S/c1-12(31-14-9-30-32-19(36)17(14)22(26,27)28)11-40-5-6-41(38,39)34-3-4-35-16(10-34)20(37)33(2)15-7-13(21(23,24)25)8-29-18(15)35/h7-9,12,16-17H,3-6,10-11H2,1-2H3,(H,32,36)/t12-,16+,17?/m0/s1. The van der Waals surface area contributed by atoms with Gasteiger partial charge in [0.2, 0.25) is 10.0 Å². The summed E-state index contributed by atoms with van der Waals surface area (Å²) in [6.45, 7) is 0.502. The number of likely N-dealkylation sites (N-methyl/N-ethyl adjacent to an activating group) is 1. The molecule has 4 rings (SSSR count). The molecule has 1 saturated heterocycles. The summed E-state index contributed by atoms with van der Waals surface area (Å²) in [5.74, 6) is -4.83. The number of ether oxygens (including phenoxy) is 1. The average Bonchev–Trinajstić information content (AvgIpc) is 2.88. The Labute approximate surface area is 230 Å². The van der Waals surface area contributed by atoms with Crippen LogP contribution in [-0.4, -0.2) is 105 Å². The molecule has 4 heterocycles. The number of alkyl halides is 6. The first kappa shape index (κ1) is 30.6. The van der Waals surface area contributed by atoms with E-state index in [0.29, 0.717) is 6.20 Å². The van der Waals surface area contributed by atoms with Crippen LogP contribution in [0.1, 0.15) is 12.5 Å². The Hall–Kier alpha value is -3.32. The van der Waals surface area contributed by atoms with Gasteiger partial charge in [-0.15, -0.1) is 0 Å². The van der Waals surface area contributed by atoms with Crippen molar-refractivity contribution in [2.24, 2.45) is 16.0 Å². The van der Waals surface area contributed by atoms with Crippen molar-refractivity contribution in [3.05, 3.63) is 17.8 Å². The van der Waals surface area contributed by atoms with Crippen molar-refractivity contribution in [3.8, 4) is 0 Å². The van der Waals surface area contributed by atoms with Gasteiger partial charge in [0.15, 0.2) is 11.7 Å². The van der Waals surface area contributed by atoms with Gasteiger partial charge in [-0.1, -0.05) is 0 Å². The summed E-state index contributed by atoms with van der Waals surface area (Å²) in [6, 6.07) is -1.05. The minimum absolute atomic E-state index is 0.000271. The monoisotopic (exact) mass is 613 g/mol. The molecule has 3 aliphatic heterocycles. The minimum atomic E-state index is -4.88. The van der Waals surface area contributed by atoms with Crippen LogP contribution < -0.4 is 15.2 Å². The van der Waals surface area contributed by atoms with Crippen molar-refractivity contribution in [1.29, 1.82) is 0 Å². The molecule has 1 unspecified atom stereocenters. The van der Waals surface area contributed by atoms with Gasteiger partial charge in [0.1, 0.15) is 6.04 Å². The van der Waals surface area contributed by atoms with E-state index in [9.17, 15) is 44.3 Å². The number of halogens is 6. The molecule has 41 heavy (non-hydrogen) atoms. The van der Waals surface area contributed by atoms with E-state index in [-0.39, 0.29) is 44.4 Å². The number of hydrogen-bond donors (Lipinski definition) is 1. The fraction of sp³-hybridized carbons (Fsp3) is 0.591. The van der Waals surface area contributed by atoms with Gasteiger partial charge in [0.05, 0.1) is 48.2 Å². The first-order chi connectivity index (χ1) is 19.0. The quantitative estimate of drug-likeness (QED) is 0.359. The van der Waals surface area contributed by atoms with Crippen molar-refractivity contribution in [1.82, 2.24) is 14.7 Å². The van der Waals surface area contributed by atoms with Crippen molar-refractivity contribution < 1.29 is 49.1 Å². The molecule has 0 bridgehead atoms. The first-order valence-corrected chi connectivity index (χ1v) is 13.8. The number of aliphatic imine (C=N–C) groups is 1. The molecule has 0 radical (unpaired) electrons. The second kappa shape index (κ2) is 11.2. The molecule has 1 fully saturated rings. The molecule has 3 aliphatic rings. The summed E-state index contributed by atoms with van der Waals surface area (Å²) in [6.07, 6.45) is -8.10. The lowest BCUT2D eigenvalue weighted by Crippen LogP contribution is -2.63. The molecule has 1 aromatic heterocycles. The average molecular weight is 614 g/mol. The van der Waals surface area contributed by atoms with Gasteiger partial charge in [-0.25, -0.2) is 18.8 Å². The van der Waals surface area contributed by atoms with E-state index < -0.39 is 69.2 Å².